The molecule has 0 aliphatic rings. The summed E-state index contributed by atoms with van der Waals surface area (Å²) < 4.78 is 0. The number of hydrogen-bond acceptors (Lipinski definition) is 3. The Balaban J connectivity index is -0.000000157. The van der Waals surface area contributed by atoms with Gasteiger partial charge in [-0.2, -0.15) is 12.6 Å². The van der Waals surface area contributed by atoms with E-state index in [4.69, 9.17) is 5.73 Å². The zero-order chi connectivity index (χ0) is 38.4. The second kappa shape index (κ2) is 46.9. The molecule has 2 unspecified atom stereocenters. The summed E-state index contributed by atoms with van der Waals surface area (Å²) in [6.45, 7) is 44.9. The fourth-order valence-corrected chi connectivity index (χ4v) is 4.41. The van der Waals surface area contributed by atoms with Crippen LogP contribution in [0.5, 0.6) is 0 Å². The van der Waals surface area contributed by atoms with Crippen molar-refractivity contribution < 1.29 is 0 Å². The molecular formula is C45H88N2S. The summed E-state index contributed by atoms with van der Waals surface area (Å²) in [5.74, 6) is 2.19. The van der Waals surface area contributed by atoms with Gasteiger partial charge in [0.25, 0.3) is 0 Å². The first-order valence-electron chi connectivity index (χ1n) is 18.2. The second-order valence-electron chi connectivity index (χ2n) is 11.2. The Morgan fingerprint density at radius 3 is 1.77 bits per heavy atom. The number of aryl methyl sites for hydroxylation is 1. The van der Waals surface area contributed by atoms with Crippen LogP contribution in [0, 0.1) is 12.8 Å². The smallest absolute Gasteiger partial charge is 0.0106 e. The largest absolute Gasteiger partial charge is 0.405 e. The SMILES string of the molecule is C.C/C=C\N.C=C.C=C/C(C)=C(/C)CC(C)CC/C(=C\CC)C(=C)c1c(C)ccc(C(C)CC)c1CC.CC.CCC.CCS.CNC. The minimum atomic E-state index is 0. The molecule has 0 bridgehead atoms. The monoisotopic (exact) mass is 689 g/mol. The summed E-state index contributed by atoms with van der Waals surface area (Å²) in [5, 5.41) is 2.75. The molecule has 0 saturated heterocycles. The fourth-order valence-electron chi connectivity index (χ4n) is 4.41. The minimum absolute atomic E-state index is 0. The maximum absolute atomic E-state index is 4.85. The first-order valence-corrected chi connectivity index (χ1v) is 18.8. The molecule has 0 radical (unpaired) electrons. The molecule has 1 aromatic carbocycles. The standard InChI is InChI=1S/C30H46.C3H7N.C3H8.C2H7N.C2H6S.C2H6.C2H4.CH4/c1-11-15-27(18-16-21(5)20-25(9)22(6)12-2)26(10)30-24(8)17-19-29(23(7)13-3)28(30)14-4;1-2-3-4;2*1-3-2;1-2-3;2*1-2;/h12,15,17,19,21,23H,2,10-11,13-14,16,18,20H2,1,3-9H3;2-3H,4H2,1H3;3H2,1-2H3;3H,1-2H3;3H,2H2,1H3;1-2H3;1-2H2;1H4/b25-22-,27-15+;3-2-;;;;;;. The van der Waals surface area contributed by atoms with Gasteiger partial charge in [0.2, 0.25) is 0 Å². The van der Waals surface area contributed by atoms with Crippen LogP contribution in [0.2, 0.25) is 0 Å². The number of rotatable bonds is 12. The summed E-state index contributed by atoms with van der Waals surface area (Å²) in [6, 6.07) is 4.65. The Labute approximate surface area is 311 Å². The van der Waals surface area contributed by atoms with Crippen LogP contribution in [0.15, 0.2) is 79.6 Å². The van der Waals surface area contributed by atoms with E-state index < -0.39 is 0 Å². The molecule has 284 valence electrons. The molecule has 2 atom stereocenters. The molecule has 0 fully saturated rings. The normalized spacial score (nSPS) is 11.4. The van der Waals surface area contributed by atoms with Crippen LogP contribution in [0.25, 0.3) is 5.57 Å². The number of thiol groups is 1. The van der Waals surface area contributed by atoms with Crippen LogP contribution in [0.3, 0.4) is 0 Å². The van der Waals surface area contributed by atoms with Gasteiger partial charge in [-0.15, -0.1) is 13.2 Å². The van der Waals surface area contributed by atoms with Gasteiger partial charge >= 0.3 is 0 Å². The van der Waals surface area contributed by atoms with Crippen LogP contribution in [-0.2, 0) is 6.42 Å². The Morgan fingerprint density at radius 2 is 1.44 bits per heavy atom. The van der Waals surface area contributed by atoms with Gasteiger partial charge in [-0.3, -0.25) is 0 Å². The molecule has 2 nitrogen and oxygen atoms in total. The van der Waals surface area contributed by atoms with Crippen molar-refractivity contribution in [1.29, 1.82) is 0 Å². The van der Waals surface area contributed by atoms with E-state index in [2.05, 4.69) is 132 Å². The average molecular weight is 689 g/mol. The second-order valence-corrected chi connectivity index (χ2v) is 11.8. The van der Waals surface area contributed by atoms with E-state index in [1.807, 2.05) is 47.9 Å². The third-order valence-corrected chi connectivity index (χ3v) is 6.93. The topological polar surface area (TPSA) is 38.0 Å². The van der Waals surface area contributed by atoms with Crippen molar-refractivity contribution >= 4 is 18.2 Å². The van der Waals surface area contributed by atoms with Crippen LogP contribution < -0.4 is 11.1 Å². The van der Waals surface area contributed by atoms with Gasteiger partial charge in [0.05, 0.1) is 0 Å². The van der Waals surface area contributed by atoms with E-state index in [-0.39, 0.29) is 7.43 Å². The van der Waals surface area contributed by atoms with Gasteiger partial charge in [0.15, 0.2) is 0 Å². The van der Waals surface area contributed by atoms with Crippen LogP contribution in [-0.4, -0.2) is 19.8 Å². The Kier molecular flexibility index (Phi) is 59.6. The summed E-state index contributed by atoms with van der Waals surface area (Å²) >= 11 is 3.79. The van der Waals surface area contributed by atoms with Crippen molar-refractivity contribution in [2.24, 2.45) is 11.7 Å². The van der Waals surface area contributed by atoms with Crippen molar-refractivity contribution in [2.45, 2.75) is 155 Å². The molecule has 3 N–H and O–H groups in total. The van der Waals surface area contributed by atoms with Crippen molar-refractivity contribution in [3.8, 4) is 0 Å². The lowest BCUT2D eigenvalue weighted by Crippen LogP contribution is -2.06. The molecule has 48 heavy (non-hydrogen) atoms. The maximum atomic E-state index is 4.85. The Morgan fingerprint density at radius 1 is 1.00 bits per heavy atom. The number of nitrogens with one attached hydrogen (secondary N) is 1. The number of benzene rings is 1. The summed E-state index contributed by atoms with van der Waals surface area (Å²) in [4.78, 5) is 0. The van der Waals surface area contributed by atoms with Crippen molar-refractivity contribution in [2.75, 3.05) is 19.8 Å². The van der Waals surface area contributed by atoms with E-state index in [0.717, 1.165) is 31.4 Å². The zero-order valence-electron chi connectivity index (χ0n) is 34.6. The molecule has 0 heterocycles. The minimum Gasteiger partial charge on any atom is -0.405 e. The highest BCUT2D eigenvalue weighted by Gasteiger charge is 2.18. The summed E-state index contributed by atoms with van der Waals surface area (Å²) in [6.07, 6.45) is 15.6. The highest BCUT2D eigenvalue weighted by atomic mass is 32.1. The lowest BCUT2D eigenvalue weighted by Gasteiger charge is -2.23. The maximum Gasteiger partial charge on any atom is -0.0106 e. The van der Waals surface area contributed by atoms with Crippen LogP contribution >= 0.6 is 12.6 Å². The van der Waals surface area contributed by atoms with E-state index >= 15 is 0 Å². The zero-order valence-corrected chi connectivity index (χ0v) is 35.5. The van der Waals surface area contributed by atoms with E-state index in [1.165, 1.54) is 70.0 Å². The number of allylic oxidation sites excluding steroid dienone is 7. The van der Waals surface area contributed by atoms with Gasteiger partial charge in [-0.05, 0) is 138 Å². The lowest BCUT2D eigenvalue weighted by molar-refractivity contribution is 0.528. The quantitative estimate of drug-likeness (QED) is 0.116. The molecular weight excluding hydrogens is 601 g/mol. The molecule has 3 heteroatoms. The highest BCUT2D eigenvalue weighted by Crippen LogP contribution is 2.36. The Hall–Kier alpha value is -2.23. The predicted octanol–water partition coefficient (Wildman–Crippen LogP) is 14.9. The first kappa shape index (κ1) is 61.0. The van der Waals surface area contributed by atoms with Crippen LogP contribution in [0.1, 0.15) is 164 Å². The number of nitrogens with two attached hydrogens (primary N) is 1. The van der Waals surface area contributed by atoms with Gasteiger partial charge in [0.1, 0.15) is 0 Å². The molecule has 0 saturated carbocycles. The van der Waals surface area contributed by atoms with Gasteiger partial charge in [-0.25, -0.2) is 0 Å². The van der Waals surface area contributed by atoms with Gasteiger partial charge in [0, 0.05) is 0 Å². The molecule has 1 aromatic rings. The van der Waals surface area contributed by atoms with E-state index in [9.17, 15) is 0 Å². The summed E-state index contributed by atoms with van der Waals surface area (Å²) in [7, 11) is 3.75. The third kappa shape index (κ3) is 32.3. The molecule has 1 rings (SSSR count). The molecule has 0 amide bonds. The Bertz CT molecular complexity index is 928. The van der Waals surface area contributed by atoms with Crippen LogP contribution in [0.4, 0.5) is 0 Å². The first-order chi connectivity index (χ1) is 22.4. The average Bonchev–Trinajstić information content (AvgIpc) is 3.08. The van der Waals surface area contributed by atoms with E-state index in [1.54, 1.807) is 6.08 Å². The predicted molar refractivity (Wildman–Crippen MR) is 237 cm³/mol. The third-order valence-electron chi connectivity index (χ3n) is 6.93. The van der Waals surface area contributed by atoms with Crippen molar-refractivity contribution in [3.63, 3.8) is 0 Å². The molecule has 0 aliphatic carbocycles. The highest BCUT2D eigenvalue weighted by molar-refractivity contribution is 7.80. The van der Waals surface area contributed by atoms with Gasteiger partial charge in [-0.1, -0.05) is 138 Å². The lowest BCUT2D eigenvalue weighted by atomic mass is 9.81. The van der Waals surface area contributed by atoms with Gasteiger partial charge < -0.3 is 11.1 Å². The molecule has 0 aromatic heterocycles. The molecule has 0 aliphatic heterocycles. The molecule has 0 spiro atoms. The van der Waals surface area contributed by atoms with Crippen molar-refractivity contribution in [3.05, 3.63) is 102 Å². The summed E-state index contributed by atoms with van der Waals surface area (Å²) in [5.41, 5.74) is 16.1. The number of hydrogen-bond donors (Lipinski definition) is 3. The van der Waals surface area contributed by atoms with E-state index in [0.29, 0.717) is 11.8 Å². The van der Waals surface area contributed by atoms with Crippen molar-refractivity contribution in [1.82, 2.24) is 5.32 Å². The fraction of sp³-hybridized carbons (Fsp3) is 0.600.